The maximum absolute atomic E-state index is 12.8. The second-order valence-electron chi connectivity index (χ2n) is 6.64. The fourth-order valence-corrected chi connectivity index (χ4v) is 3.13. The van der Waals surface area contributed by atoms with E-state index in [1.54, 1.807) is 4.57 Å². The molecule has 0 spiro atoms. The summed E-state index contributed by atoms with van der Waals surface area (Å²) in [6, 6.07) is 7.54. The molecule has 0 bridgehead atoms. The number of aryl methyl sites for hydroxylation is 1. The maximum Gasteiger partial charge on any atom is 0.332 e. The van der Waals surface area contributed by atoms with E-state index in [-0.39, 0.29) is 29.6 Å². The van der Waals surface area contributed by atoms with Gasteiger partial charge in [0.2, 0.25) is 0 Å². The molecule has 2 aromatic heterocycles. The Balaban J connectivity index is 0.00000300. The van der Waals surface area contributed by atoms with Crippen molar-refractivity contribution in [2.45, 2.75) is 46.3 Å². The van der Waals surface area contributed by atoms with Crippen molar-refractivity contribution in [2.24, 2.45) is 5.73 Å². The topological polar surface area (TPSA) is 135 Å². The lowest BCUT2D eigenvalue weighted by molar-refractivity contribution is 0.555. The molecular formula is C19H26ClN7O2. The number of hydrogen-bond donors (Lipinski definition) is 4. The molecule has 0 unspecified atom stereocenters. The molecule has 0 aliphatic rings. The third kappa shape index (κ3) is 4.51. The first-order chi connectivity index (χ1) is 13.5. The Kier molecular flexibility index (Phi) is 7.22. The molecule has 29 heavy (non-hydrogen) atoms. The Morgan fingerprint density at radius 2 is 1.76 bits per heavy atom. The van der Waals surface area contributed by atoms with Crippen molar-refractivity contribution in [1.82, 2.24) is 24.4 Å². The molecule has 3 rings (SSSR count). The Labute approximate surface area is 173 Å². The lowest BCUT2D eigenvalue weighted by atomic mass is 10.1. The highest BCUT2D eigenvalue weighted by Gasteiger charge is 2.17. The van der Waals surface area contributed by atoms with Crippen molar-refractivity contribution in [3.05, 3.63) is 50.7 Å². The fourth-order valence-electron chi connectivity index (χ4n) is 3.13. The molecule has 0 saturated carbocycles. The second-order valence-corrected chi connectivity index (χ2v) is 6.64. The van der Waals surface area contributed by atoms with Crippen LogP contribution in [-0.4, -0.2) is 25.1 Å². The van der Waals surface area contributed by atoms with Gasteiger partial charge in [-0.2, -0.15) is 0 Å². The average molecular weight is 420 g/mol. The summed E-state index contributed by atoms with van der Waals surface area (Å²) in [4.78, 5) is 33.2. The summed E-state index contributed by atoms with van der Waals surface area (Å²) in [7, 11) is 0. The molecule has 9 nitrogen and oxygen atoms in total. The summed E-state index contributed by atoms with van der Waals surface area (Å²) in [5, 5.41) is 9.96. The smallest absolute Gasteiger partial charge is 0.332 e. The van der Waals surface area contributed by atoms with Crippen molar-refractivity contribution in [2.75, 3.05) is 0 Å². The zero-order valence-corrected chi connectivity index (χ0v) is 17.3. The number of aromatic amines is 1. The van der Waals surface area contributed by atoms with Gasteiger partial charge in [-0.1, -0.05) is 38.1 Å². The third-order valence-electron chi connectivity index (χ3n) is 4.47. The van der Waals surface area contributed by atoms with Gasteiger partial charge < -0.3 is 16.0 Å². The first kappa shape index (κ1) is 22.2. The van der Waals surface area contributed by atoms with Crippen LogP contribution in [0, 0.1) is 5.41 Å². The van der Waals surface area contributed by atoms with Crippen LogP contribution in [0.3, 0.4) is 0 Å². The number of imidazole rings is 1. The number of fused-ring (bicyclic) bond motifs is 1. The van der Waals surface area contributed by atoms with E-state index in [1.807, 2.05) is 38.1 Å². The predicted octanol–water partition coefficient (Wildman–Crippen LogP) is 1.78. The van der Waals surface area contributed by atoms with E-state index in [1.165, 1.54) is 4.57 Å². The van der Waals surface area contributed by atoms with Gasteiger partial charge in [0.15, 0.2) is 11.6 Å². The van der Waals surface area contributed by atoms with Crippen LogP contribution in [0.15, 0.2) is 33.9 Å². The van der Waals surface area contributed by atoms with Crippen molar-refractivity contribution in [1.29, 1.82) is 5.41 Å². The monoisotopic (exact) mass is 419 g/mol. The van der Waals surface area contributed by atoms with Crippen molar-refractivity contribution in [3.63, 3.8) is 0 Å². The van der Waals surface area contributed by atoms with E-state index < -0.39 is 0 Å². The molecule has 0 saturated heterocycles. The highest BCUT2D eigenvalue weighted by atomic mass is 35.5. The quantitative estimate of drug-likeness (QED) is 0.342. The van der Waals surface area contributed by atoms with E-state index in [0.717, 1.165) is 17.5 Å². The van der Waals surface area contributed by atoms with E-state index >= 15 is 0 Å². The molecule has 156 valence electrons. The molecule has 5 N–H and O–H groups in total. The molecule has 0 radical (unpaired) electrons. The van der Waals surface area contributed by atoms with E-state index in [2.05, 4.69) is 15.3 Å². The number of halogens is 1. The number of aromatic nitrogens is 4. The minimum Gasteiger partial charge on any atom is -0.370 e. The molecule has 2 heterocycles. The SMILES string of the molecule is CCCn1c(=O)c2[nH]c(-c3ccc(CNC(=N)N)cc3)nc2n(CCC)c1=O.Cl. The molecule has 10 heteroatoms. The van der Waals surface area contributed by atoms with Gasteiger partial charge in [0, 0.05) is 25.2 Å². The van der Waals surface area contributed by atoms with E-state index in [0.29, 0.717) is 43.0 Å². The number of rotatable bonds is 7. The number of benzene rings is 1. The Morgan fingerprint density at radius 3 is 2.34 bits per heavy atom. The summed E-state index contributed by atoms with van der Waals surface area (Å²) in [5.41, 5.74) is 7.15. The molecule has 0 aliphatic heterocycles. The third-order valence-corrected chi connectivity index (χ3v) is 4.47. The molecule has 0 amide bonds. The Morgan fingerprint density at radius 1 is 1.14 bits per heavy atom. The molecular weight excluding hydrogens is 394 g/mol. The summed E-state index contributed by atoms with van der Waals surface area (Å²) < 4.78 is 2.84. The van der Waals surface area contributed by atoms with Crippen LogP contribution in [0.4, 0.5) is 0 Å². The largest absolute Gasteiger partial charge is 0.370 e. The van der Waals surface area contributed by atoms with Gasteiger partial charge >= 0.3 is 5.69 Å². The predicted molar refractivity (Wildman–Crippen MR) is 117 cm³/mol. The first-order valence-electron chi connectivity index (χ1n) is 9.36. The zero-order valence-electron chi connectivity index (χ0n) is 16.5. The van der Waals surface area contributed by atoms with Crippen LogP contribution in [0.25, 0.3) is 22.6 Å². The summed E-state index contributed by atoms with van der Waals surface area (Å²) in [6.45, 7) is 5.24. The van der Waals surface area contributed by atoms with Crippen molar-refractivity contribution in [3.8, 4) is 11.4 Å². The number of H-pyrrole nitrogens is 1. The van der Waals surface area contributed by atoms with E-state index in [4.69, 9.17) is 11.1 Å². The molecule has 0 aliphatic carbocycles. The van der Waals surface area contributed by atoms with Crippen LogP contribution in [0.5, 0.6) is 0 Å². The normalized spacial score (nSPS) is 10.7. The maximum atomic E-state index is 12.8. The Bertz CT molecular complexity index is 1110. The summed E-state index contributed by atoms with van der Waals surface area (Å²) in [5.74, 6) is 0.454. The number of nitrogens with two attached hydrogens (primary N) is 1. The second kappa shape index (κ2) is 9.42. The lowest BCUT2D eigenvalue weighted by Crippen LogP contribution is -2.40. The highest BCUT2D eigenvalue weighted by Crippen LogP contribution is 2.19. The first-order valence-corrected chi connectivity index (χ1v) is 9.36. The summed E-state index contributed by atoms with van der Waals surface area (Å²) >= 11 is 0. The van der Waals surface area contributed by atoms with Gasteiger partial charge in [-0.3, -0.25) is 19.3 Å². The Hall–Kier alpha value is -3.07. The number of hydrogen-bond acceptors (Lipinski definition) is 4. The van der Waals surface area contributed by atoms with Gasteiger partial charge in [0.25, 0.3) is 5.56 Å². The number of nitrogens with one attached hydrogen (secondary N) is 3. The minimum absolute atomic E-state index is 0. The van der Waals surface area contributed by atoms with Crippen molar-refractivity contribution >= 4 is 29.5 Å². The minimum atomic E-state index is -0.338. The van der Waals surface area contributed by atoms with Crippen LogP contribution >= 0.6 is 12.4 Å². The molecule has 3 aromatic rings. The number of nitrogens with zero attached hydrogens (tertiary/aromatic N) is 3. The highest BCUT2D eigenvalue weighted by molar-refractivity contribution is 5.85. The lowest BCUT2D eigenvalue weighted by Gasteiger charge is -2.09. The summed E-state index contributed by atoms with van der Waals surface area (Å²) in [6.07, 6.45) is 1.46. The van der Waals surface area contributed by atoms with Crippen LogP contribution in [0.1, 0.15) is 32.3 Å². The molecule has 0 fully saturated rings. The fraction of sp³-hybridized carbons (Fsp3) is 0.368. The van der Waals surface area contributed by atoms with Gasteiger partial charge in [0.05, 0.1) is 0 Å². The van der Waals surface area contributed by atoms with E-state index in [9.17, 15) is 9.59 Å². The van der Waals surface area contributed by atoms with Crippen LogP contribution in [-0.2, 0) is 19.6 Å². The van der Waals surface area contributed by atoms with Crippen LogP contribution < -0.4 is 22.3 Å². The molecule has 1 aromatic carbocycles. The van der Waals surface area contributed by atoms with Gasteiger partial charge in [-0.05, 0) is 18.4 Å². The van der Waals surface area contributed by atoms with Gasteiger partial charge in [-0.15, -0.1) is 12.4 Å². The average Bonchev–Trinajstić information content (AvgIpc) is 3.13. The van der Waals surface area contributed by atoms with Gasteiger partial charge in [-0.25, -0.2) is 9.78 Å². The van der Waals surface area contributed by atoms with Gasteiger partial charge in [0.1, 0.15) is 11.3 Å². The zero-order chi connectivity index (χ0) is 20.3. The van der Waals surface area contributed by atoms with Crippen molar-refractivity contribution < 1.29 is 0 Å². The number of guanidine groups is 1. The standard InChI is InChI=1S/C19H25N7O2.ClH/c1-3-9-25-16-14(17(27)26(10-4-2)19(25)28)23-15(24-16)13-7-5-12(6-8-13)11-22-18(20)21;/h5-8H,3-4,9-11H2,1-2H3,(H,23,24)(H4,20,21,22);1H. The van der Waals surface area contributed by atoms with Crippen LogP contribution in [0.2, 0.25) is 0 Å². The molecule has 0 atom stereocenters.